The van der Waals surface area contributed by atoms with Crippen LogP contribution in [-0.4, -0.2) is 48.2 Å². The third-order valence-electron chi connectivity index (χ3n) is 3.55. The van der Waals surface area contributed by atoms with Gasteiger partial charge in [-0.2, -0.15) is 0 Å². The maximum Gasteiger partial charge on any atom is 0.502 e. The van der Waals surface area contributed by atoms with Crippen LogP contribution in [0.1, 0.15) is 59.8 Å². The van der Waals surface area contributed by atoms with Crippen molar-refractivity contribution in [3.05, 3.63) is 0 Å². The van der Waals surface area contributed by atoms with Crippen molar-refractivity contribution >= 4 is 18.6 Å². The van der Waals surface area contributed by atoms with Crippen molar-refractivity contribution in [2.45, 2.75) is 71.3 Å². The molecule has 140 valence electrons. The number of unbranched alkanes of at least 4 members (excludes halogenated alkanes) is 3. The molecular weight excluding hydrogens is 334 g/mol. The Morgan fingerprint density at radius 2 is 1.61 bits per heavy atom. The smallest absolute Gasteiger partial charge is 0.374 e. The molecule has 0 radical (unpaired) electrons. The summed E-state index contributed by atoms with van der Waals surface area (Å²) in [6, 6.07) is 0.543. The van der Waals surface area contributed by atoms with Crippen molar-refractivity contribution in [3.8, 4) is 0 Å². The van der Waals surface area contributed by atoms with Crippen molar-refractivity contribution in [1.29, 1.82) is 0 Å². The monoisotopic (exact) mass is 369 g/mol. The summed E-state index contributed by atoms with van der Waals surface area (Å²) in [5.41, 5.74) is 4.67. The molecule has 1 atom stereocenters. The van der Waals surface area contributed by atoms with Crippen LogP contribution in [0.2, 0.25) is 6.04 Å². The van der Waals surface area contributed by atoms with E-state index in [4.69, 9.17) is 19.0 Å². The van der Waals surface area contributed by atoms with Crippen LogP contribution in [0, 0.1) is 0 Å². The zero-order valence-corrected chi connectivity index (χ0v) is 17.0. The van der Waals surface area contributed by atoms with Gasteiger partial charge in [0.05, 0.1) is 5.75 Å². The van der Waals surface area contributed by atoms with E-state index >= 15 is 0 Å². The minimum Gasteiger partial charge on any atom is -0.374 e. The molecule has 0 heterocycles. The zero-order chi connectivity index (χ0) is 17.8. The van der Waals surface area contributed by atoms with E-state index in [1.165, 1.54) is 0 Å². The van der Waals surface area contributed by atoms with Gasteiger partial charge in [-0.25, -0.2) is 8.42 Å². The lowest BCUT2D eigenvalue weighted by Crippen LogP contribution is -2.50. The molecule has 2 N–H and O–H groups in total. The minimum absolute atomic E-state index is 0.147. The maximum atomic E-state index is 12.4. The number of rotatable bonds is 15. The molecule has 0 rings (SSSR count). The van der Waals surface area contributed by atoms with Gasteiger partial charge in [0.2, 0.25) is 0 Å². The van der Waals surface area contributed by atoms with E-state index < -0.39 is 24.1 Å². The highest BCUT2D eigenvalue weighted by Crippen LogP contribution is 2.22. The molecular formula is C15H35NO5SSi. The second-order valence-electron chi connectivity index (χ2n) is 5.55. The van der Waals surface area contributed by atoms with Gasteiger partial charge in [0.25, 0.3) is 0 Å². The normalized spacial score (nSPS) is 14.1. The van der Waals surface area contributed by atoms with Crippen molar-refractivity contribution < 1.29 is 21.7 Å². The topological polar surface area (TPSA) is 87.9 Å². The lowest BCUT2D eigenvalue weighted by molar-refractivity contribution is 0.0598. The standard InChI is InChI=1S/C15H35NO5SSi/c1-5-8-9-10-13-22(17,18)15(4)21-23(19-6-2,20-7-3)14-11-12-16/h15H,5-14,16H2,1-4H3. The Kier molecular flexibility index (Phi) is 12.4. The average Bonchev–Trinajstić information content (AvgIpc) is 2.50. The molecule has 0 aliphatic rings. The Morgan fingerprint density at radius 3 is 2.09 bits per heavy atom. The molecule has 0 aromatic heterocycles. The van der Waals surface area contributed by atoms with Gasteiger partial charge in [0.15, 0.2) is 9.84 Å². The Hall–Kier alpha value is 0.00688. The van der Waals surface area contributed by atoms with Gasteiger partial charge in [-0.15, -0.1) is 0 Å². The number of hydrogen-bond acceptors (Lipinski definition) is 6. The Balaban J connectivity index is 4.86. The highest BCUT2D eigenvalue weighted by atomic mass is 32.2. The van der Waals surface area contributed by atoms with Crippen LogP contribution in [0.15, 0.2) is 0 Å². The van der Waals surface area contributed by atoms with E-state index in [1.54, 1.807) is 6.92 Å². The zero-order valence-electron chi connectivity index (χ0n) is 15.2. The fourth-order valence-corrected chi connectivity index (χ4v) is 6.91. The third kappa shape index (κ3) is 9.16. The molecule has 0 saturated heterocycles. The van der Waals surface area contributed by atoms with Crippen LogP contribution >= 0.6 is 0 Å². The molecule has 23 heavy (non-hydrogen) atoms. The summed E-state index contributed by atoms with van der Waals surface area (Å²) in [5, 5.41) is 0. The summed E-state index contributed by atoms with van der Waals surface area (Å²) < 4.78 is 42.2. The summed E-state index contributed by atoms with van der Waals surface area (Å²) in [4.78, 5) is 0. The van der Waals surface area contributed by atoms with Crippen molar-refractivity contribution in [1.82, 2.24) is 0 Å². The van der Waals surface area contributed by atoms with Crippen LogP contribution in [-0.2, 0) is 23.1 Å². The molecule has 0 aliphatic carbocycles. The van der Waals surface area contributed by atoms with E-state index in [0.29, 0.717) is 38.6 Å². The highest BCUT2D eigenvalue weighted by molar-refractivity contribution is 7.91. The maximum absolute atomic E-state index is 12.4. The number of nitrogens with two attached hydrogens (primary N) is 1. The first-order valence-electron chi connectivity index (χ1n) is 8.74. The lowest BCUT2D eigenvalue weighted by Gasteiger charge is -2.31. The quantitative estimate of drug-likeness (QED) is 0.353. The van der Waals surface area contributed by atoms with E-state index in [2.05, 4.69) is 6.92 Å². The van der Waals surface area contributed by atoms with Crippen LogP contribution in [0.25, 0.3) is 0 Å². The van der Waals surface area contributed by atoms with E-state index in [9.17, 15) is 8.42 Å². The van der Waals surface area contributed by atoms with Gasteiger partial charge in [0, 0.05) is 19.3 Å². The second-order valence-corrected chi connectivity index (χ2v) is 10.6. The van der Waals surface area contributed by atoms with E-state index in [1.807, 2.05) is 13.8 Å². The minimum atomic E-state index is -3.31. The summed E-state index contributed by atoms with van der Waals surface area (Å²) in [5.74, 6) is 0.147. The summed E-state index contributed by atoms with van der Waals surface area (Å²) in [6.45, 7) is 8.75. The van der Waals surface area contributed by atoms with Crippen LogP contribution in [0.5, 0.6) is 0 Å². The Morgan fingerprint density at radius 1 is 1.00 bits per heavy atom. The molecule has 0 fully saturated rings. The molecule has 6 nitrogen and oxygen atoms in total. The highest BCUT2D eigenvalue weighted by Gasteiger charge is 2.44. The lowest BCUT2D eigenvalue weighted by atomic mass is 10.2. The van der Waals surface area contributed by atoms with Gasteiger partial charge >= 0.3 is 8.80 Å². The third-order valence-corrected chi connectivity index (χ3v) is 8.82. The SMILES string of the molecule is CCCCCCS(=O)(=O)C(C)O[Si](CCCN)(OCC)OCC. The molecule has 1 unspecified atom stereocenters. The van der Waals surface area contributed by atoms with Crippen molar-refractivity contribution in [3.63, 3.8) is 0 Å². The number of hydrogen-bond donors (Lipinski definition) is 1. The Labute approximate surface area is 143 Å². The van der Waals surface area contributed by atoms with Gasteiger partial charge in [-0.05, 0) is 40.2 Å². The van der Waals surface area contributed by atoms with Crippen LogP contribution in [0.4, 0.5) is 0 Å². The fourth-order valence-electron chi connectivity index (χ4n) is 2.29. The molecule has 8 heteroatoms. The van der Waals surface area contributed by atoms with Gasteiger partial charge in [-0.3, -0.25) is 0 Å². The molecule has 0 bridgehead atoms. The van der Waals surface area contributed by atoms with Crippen molar-refractivity contribution in [2.75, 3.05) is 25.5 Å². The van der Waals surface area contributed by atoms with Gasteiger partial charge < -0.3 is 19.0 Å². The molecule has 0 aromatic rings. The largest absolute Gasteiger partial charge is 0.502 e. The van der Waals surface area contributed by atoms with E-state index in [-0.39, 0.29) is 5.75 Å². The molecule has 0 aromatic carbocycles. The van der Waals surface area contributed by atoms with Crippen LogP contribution in [0.3, 0.4) is 0 Å². The molecule has 0 amide bonds. The number of sulfone groups is 1. The Bertz CT molecular complexity index is 385. The molecule has 0 saturated carbocycles. The van der Waals surface area contributed by atoms with Crippen molar-refractivity contribution in [2.24, 2.45) is 5.73 Å². The fraction of sp³-hybridized carbons (Fsp3) is 1.00. The predicted octanol–water partition coefficient (Wildman–Crippen LogP) is 2.70. The van der Waals surface area contributed by atoms with E-state index in [0.717, 1.165) is 19.3 Å². The first kappa shape index (κ1) is 23.0. The molecule has 0 aliphatic heterocycles. The molecule has 0 spiro atoms. The second kappa shape index (κ2) is 12.4. The predicted molar refractivity (Wildman–Crippen MR) is 96.0 cm³/mol. The van der Waals surface area contributed by atoms with Crippen LogP contribution < -0.4 is 5.73 Å². The summed E-state index contributed by atoms with van der Waals surface area (Å²) >= 11 is 0. The first-order valence-corrected chi connectivity index (χ1v) is 12.4. The summed E-state index contributed by atoms with van der Waals surface area (Å²) in [7, 11) is -6.32. The first-order chi connectivity index (χ1) is 10.9. The average molecular weight is 370 g/mol. The summed E-state index contributed by atoms with van der Waals surface area (Å²) in [6.07, 6.45) is 4.42. The van der Waals surface area contributed by atoms with Gasteiger partial charge in [-0.1, -0.05) is 26.2 Å². The van der Waals surface area contributed by atoms with Gasteiger partial charge in [0.1, 0.15) is 5.44 Å².